The molecule has 0 radical (unpaired) electrons. The number of aliphatic hydroxyl groups is 3. The molecule has 1 aliphatic rings. The predicted molar refractivity (Wildman–Crippen MR) is 56.0 cm³/mol. The molecule has 6 heteroatoms. The Morgan fingerprint density at radius 2 is 1.33 bits per heavy atom. The third kappa shape index (κ3) is 4.02. The second kappa shape index (κ2) is 7.10. The van der Waals surface area contributed by atoms with Crippen molar-refractivity contribution in [3.8, 4) is 0 Å². The van der Waals surface area contributed by atoms with Crippen molar-refractivity contribution in [1.29, 1.82) is 0 Å². The molecule has 0 aliphatic carbocycles. The summed E-state index contributed by atoms with van der Waals surface area (Å²) < 4.78 is 0. The molecule has 1 rings (SSSR count). The van der Waals surface area contributed by atoms with E-state index in [0.29, 0.717) is 26.3 Å². The lowest BCUT2D eigenvalue weighted by Gasteiger charge is -2.43. The average Bonchev–Trinajstić information content (AvgIpc) is 2.23. The van der Waals surface area contributed by atoms with Crippen LogP contribution < -0.4 is 0 Å². The zero-order chi connectivity index (χ0) is 11.1. The molecular formula is C9H21N3O3. The molecule has 15 heavy (non-hydrogen) atoms. The Hall–Kier alpha value is -0.240. The van der Waals surface area contributed by atoms with Crippen LogP contribution in [0.3, 0.4) is 0 Å². The van der Waals surface area contributed by atoms with Gasteiger partial charge in [0.1, 0.15) is 0 Å². The van der Waals surface area contributed by atoms with Gasteiger partial charge in [0.05, 0.1) is 26.5 Å². The van der Waals surface area contributed by atoms with Crippen LogP contribution in [0.25, 0.3) is 0 Å². The monoisotopic (exact) mass is 219 g/mol. The maximum absolute atomic E-state index is 8.92. The quantitative estimate of drug-likeness (QED) is 0.469. The first-order chi connectivity index (χ1) is 7.31. The number of nitrogens with zero attached hydrogens (tertiary/aromatic N) is 3. The standard InChI is InChI=1S/C9H21N3O3/c13-6-3-10-1-2-11(4-7-14)12(9-10)5-8-15/h13-15H,1-9H2. The van der Waals surface area contributed by atoms with Crippen molar-refractivity contribution < 1.29 is 15.3 Å². The molecule has 0 unspecified atom stereocenters. The molecule has 0 aromatic heterocycles. The molecule has 0 bridgehead atoms. The van der Waals surface area contributed by atoms with E-state index in [1.807, 2.05) is 10.0 Å². The smallest absolute Gasteiger partial charge is 0.0650 e. The number of β-amino-alcohol motifs (C(OH)–C–C–N with tert-alkyl or cyclic N) is 3. The Bertz CT molecular complexity index is 171. The van der Waals surface area contributed by atoms with E-state index in [0.717, 1.165) is 13.1 Å². The molecule has 0 saturated carbocycles. The Morgan fingerprint density at radius 3 is 1.93 bits per heavy atom. The van der Waals surface area contributed by atoms with Crippen molar-refractivity contribution in [2.24, 2.45) is 0 Å². The van der Waals surface area contributed by atoms with Crippen molar-refractivity contribution in [1.82, 2.24) is 14.9 Å². The van der Waals surface area contributed by atoms with Gasteiger partial charge >= 0.3 is 0 Å². The summed E-state index contributed by atoms with van der Waals surface area (Å²) in [6.45, 7) is 4.66. The van der Waals surface area contributed by atoms with Crippen LogP contribution in [0.4, 0.5) is 0 Å². The minimum absolute atomic E-state index is 0.106. The van der Waals surface area contributed by atoms with Gasteiger partial charge in [0, 0.05) is 32.7 Å². The van der Waals surface area contributed by atoms with Crippen LogP contribution in [0.1, 0.15) is 0 Å². The van der Waals surface area contributed by atoms with Crippen LogP contribution in [0, 0.1) is 0 Å². The van der Waals surface area contributed by atoms with Crippen molar-refractivity contribution >= 4 is 0 Å². The molecule has 0 aromatic carbocycles. The molecule has 1 heterocycles. The molecule has 1 fully saturated rings. The van der Waals surface area contributed by atoms with E-state index in [2.05, 4.69) is 4.90 Å². The van der Waals surface area contributed by atoms with E-state index in [1.54, 1.807) is 0 Å². The van der Waals surface area contributed by atoms with Crippen LogP contribution >= 0.6 is 0 Å². The second-order valence-corrected chi connectivity index (χ2v) is 3.61. The van der Waals surface area contributed by atoms with Crippen molar-refractivity contribution in [2.45, 2.75) is 0 Å². The summed E-state index contributed by atoms with van der Waals surface area (Å²) in [4.78, 5) is 2.13. The van der Waals surface area contributed by atoms with Gasteiger partial charge in [-0.3, -0.25) is 4.90 Å². The Morgan fingerprint density at radius 1 is 0.733 bits per heavy atom. The molecular weight excluding hydrogens is 198 g/mol. The van der Waals surface area contributed by atoms with Crippen molar-refractivity contribution in [3.05, 3.63) is 0 Å². The summed E-state index contributed by atoms with van der Waals surface area (Å²) in [5.74, 6) is 0. The predicted octanol–water partition coefficient (Wildman–Crippen LogP) is -2.24. The summed E-state index contributed by atoms with van der Waals surface area (Å²) in [6.07, 6.45) is 0. The van der Waals surface area contributed by atoms with E-state index in [9.17, 15) is 0 Å². The number of hydrazine groups is 1. The van der Waals surface area contributed by atoms with E-state index in [1.165, 1.54) is 0 Å². The van der Waals surface area contributed by atoms with Crippen molar-refractivity contribution in [2.75, 3.05) is 59.2 Å². The molecule has 0 spiro atoms. The molecule has 1 aliphatic heterocycles. The first-order valence-electron chi connectivity index (χ1n) is 5.36. The third-order valence-electron chi connectivity index (χ3n) is 2.57. The molecule has 0 aromatic rings. The largest absolute Gasteiger partial charge is 0.395 e. The molecule has 6 nitrogen and oxygen atoms in total. The lowest BCUT2D eigenvalue weighted by atomic mass is 10.4. The highest BCUT2D eigenvalue weighted by Gasteiger charge is 2.23. The van der Waals surface area contributed by atoms with Crippen LogP contribution in [0.2, 0.25) is 0 Å². The van der Waals surface area contributed by atoms with Gasteiger partial charge in [0.25, 0.3) is 0 Å². The summed E-state index contributed by atoms with van der Waals surface area (Å²) in [6, 6.07) is 0. The normalized spacial score (nSPS) is 21.0. The van der Waals surface area contributed by atoms with E-state index < -0.39 is 0 Å². The number of hydrogen-bond acceptors (Lipinski definition) is 6. The van der Waals surface area contributed by atoms with Crippen LogP contribution in [0.5, 0.6) is 0 Å². The highest BCUT2D eigenvalue weighted by molar-refractivity contribution is 4.69. The Labute approximate surface area is 90.3 Å². The van der Waals surface area contributed by atoms with Gasteiger partial charge < -0.3 is 15.3 Å². The van der Waals surface area contributed by atoms with E-state index in [4.69, 9.17) is 15.3 Å². The fourth-order valence-corrected chi connectivity index (χ4v) is 1.81. The van der Waals surface area contributed by atoms with Gasteiger partial charge in [-0.2, -0.15) is 0 Å². The zero-order valence-corrected chi connectivity index (χ0v) is 9.05. The first-order valence-corrected chi connectivity index (χ1v) is 5.36. The van der Waals surface area contributed by atoms with Gasteiger partial charge in [-0.05, 0) is 0 Å². The summed E-state index contributed by atoms with van der Waals surface area (Å²) in [7, 11) is 0. The molecule has 1 saturated heterocycles. The molecule has 90 valence electrons. The Balaban J connectivity index is 2.41. The summed E-state index contributed by atoms with van der Waals surface area (Å²) >= 11 is 0. The highest BCUT2D eigenvalue weighted by atomic mass is 16.3. The lowest BCUT2D eigenvalue weighted by molar-refractivity contribution is -0.116. The zero-order valence-electron chi connectivity index (χ0n) is 9.05. The van der Waals surface area contributed by atoms with Gasteiger partial charge in [-0.1, -0.05) is 0 Å². The third-order valence-corrected chi connectivity index (χ3v) is 2.57. The van der Waals surface area contributed by atoms with E-state index in [-0.39, 0.29) is 19.8 Å². The Kier molecular flexibility index (Phi) is 6.07. The lowest BCUT2D eigenvalue weighted by Crippen LogP contribution is -2.58. The minimum Gasteiger partial charge on any atom is -0.395 e. The number of aliphatic hydroxyl groups excluding tert-OH is 3. The van der Waals surface area contributed by atoms with Crippen LogP contribution in [-0.2, 0) is 0 Å². The summed E-state index contributed by atoms with van der Waals surface area (Å²) in [5, 5.41) is 30.7. The molecule has 0 atom stereocenters. The van der Waals surface area contributed by atoms with E-state index >= 15 is 0 Å². The fraction of sp³-hybridized carbons (Fsp3) is 1.00. The van der Waals surface area contributed by atoms with Gasteiger partial charge in [0.2, 0.25) is 0 Å². The van der Waals surface area contributed by atoms with Gasteiger partial charge in [-0.15, -0.1) is 0 Å². The maximum Gasteiger partial charge on any atom is 0.0650 e. The fourth-order valence-electron chi connectivity index (χ4n) is 1.81. The number of hydrogen-bond donors (Lipinski definition) is 3. The second-order valence-electron chi connectivity index (χ2n) is 3.61. The van der Waals surface area contributed by atoms with Gasteiger partial charge in [0.15, 0.2) is 0 Å². The number of rotatable bonds is 6. The topological polar surface area (TPSA) is 70.4 Å². The minimum atomic E-state index is 0.106. The van der Waals surface area contributed by atoms with Crippen molar-refractivity contribution in [3.63, 3.8) is 0 Å². The first kappa shape index (κ1) is 12.8. The SMILES string of the molecule is OCCN1CCN(CCO)N(CCO)C1. The maximum atomic E-state index is 8.92. The molecule has 3 N–H and O–H groups in total. The highest BCUT2D eigenvalue weighted by Crippen LogP contribution is 2.06. The average molecular weight is 219 g/mol. The van der Waals surface area contributed by atoms with Crippen LogP contribution in [0.15, 0.2) is 0 Å². The summed E-state index contributed by atoms with van der Waals surface area (Å²) in [5.41, 5.74) is 0. The van der Waals surface area contributed by atoms with Crippen LogP contribution in [-0.4, -0.2) is 89.5 Å². The molecule has 0 amide bonds. The van der Waals surface area contributed by atoms with Gasteiger partial charge in [-0.25, -0.2) is 10.0 Å².